The number of nitrogens with one attached hydrogen (secondary N) is 2. The van der Waals surface area contributed by atoms with Crippen LogP contribution < -0.4 is 20.7 Å². The van der Waals surface area contributed by atoms with E-state index in [0.29, 0.717) is 5.69 Å². The number of alkyl halides is 3. The molecular weight excluding hydrogens is 303 g/mol. The van der Waals surface area contributed by atoms with Crippen LogP contribution in [0.3, 0.4) is 0 Å². The summed E-state index contributed by atoms with van der Waals surface area (Å²) in [7, 11) is 1.49. The van der Waals surface area contributed by atoms with E-state index < -0.39 is 12.4 Å². The molecule has 1 rings (SSSR count). The summed E-state index contributed by atoms with van der Waals surface area (Å²) < 4.78 is 39.7. The van der Waals surface area contributed by atoms with Gasteiger partial charge in [0.2, 0.25) is 0 Å². The molecule has 4 N–H and O–H groups in total. The van der Waals surface area contributed by atoms with E-state index in [1.165, 1.54) is 24.5 Å². The van der Waals surface area contributed by atoms with Gasteiger partial charge in [0.1, 0.15) is 5.75 Å². The minimum Gasteiger partial charge on any atom is -0.406 e. The number of anilines is 1. The Labute approximate surface area is 125 Å². The van der Waals surface area contributed by atoms with Crippen LogP contribution in [0.2, 0.25) is 0 Å². The molecule has 1 aromatic rings. The lowest BCUT2D eigenvalue weighted by molar-refractivity contribution is -0.662. The van der Waals surface area contributed by atoms with Crippen molar-refractivity contribution in [2.75, 3.05) is 18.9 Å². The molecule has 0 aliphatic heterocycles. The molecule has 0 spiro atoms. The lowest BCUT2D eigenvalue weighted by Crippen LogP contribution is -2.93. The molecule has 9 heteroatoms. The first-order chi connectivity index (χ1) is 10.2. The SMILES string of the molecule is CNC(=O)C[NH2+][C@@H](C)C(=O)Nc1ccc(OC(F)(F)F)cc1. The molecule has 0 heterocycles. The van der Waals surface area contributed by atoms with Gasteiger partial charge in [0, 0.05) is 12.7 Å². The summed E-state index contributed by atoms with van der Waals surface area (Å²) in [6.45, 7) is 1.71. The highest BCUT2D eigenvalue weighted by molar-refractivity contribution is 5.93. The maximum absolute atomic E-state index is 12.0. The minimum atomic E-state index is -4.76. The maximum Gasteiger partial charge on any atom is 0.573 e. The van der Waals surface area contributed by atoms with Crippen molar-refractivity contribution < 1.29 is 32.8 Å². The lowest BCUT2D eigenvalue weighted by Gasteiger charge is -2.12. The number of nitrogens with two attached hydrogens (primary N) is 1. The number of benzene rings is 1. The van der Waals surface area contributed by atoms with Gasteiger partial charge in [-0.25, -0.2) is 0 Å². The van der Waals surface area contributed by atoms with Crippen LogP contribution in [0.4, 0.5) is 18.9 Å². The highest BCUT2D eigenvalue weighted by atomic mass is 19.4. The van der Waals surface area contributed by atoms with Gasteiger partial charge in [-0.2, -0.15) is 0 Å². The van der Waals surface area contributed by atoms with Gasteiger partial charge in [-0.05, 0) is 31.2 Å². The summed E-state index contributed by atoms with van der Waals surface area (Å²) in [4.78, 5) is 22.9. The summed E-state index contributed by atoms with van der Waals surface area (Å²) in [5, 5.41) is 6.50. The average molecular weight is 320 g/mol. The molecule has 6 nitrogen and oxygen atoms in total. The van der Waals surface area contributed by atoms with Crippen molar-refractivity contribution in [2.45, 2.75) is 19.3 Å². The third-order valence-electron chi connectivity index (χ3n) is 2.70. The number of quaternary nitrogens is 1. The zero-order valence-electron chi connectivity index (χ0n) is 12.0. The van der Waals surface area contributed by atoms with E-state index in [2.05, 4.69) is 15.4 Å². The molecule has 1 atom stereocenters. The number of ether oxygens (including phenoxy) is 1. The minimum absolute atomic E-state index is 0.101. The van der Waals surface area contributed by atoms with E-state index >= 15 is 0 Å². The number of hydrogen-bond donors (Lipinski definition) is 3. The molecule has 0 bridgehead atoms. The Kier molecular flexibility index (Phi) is 6.17. The highest BCUT2D eigenvalue weighted by Crippen LogP contribution is 2.23. The number of carbonyl (C=O) groups excluding carboxylic acids is 2. The summed E-state index contributed by atoms with van der Waals surface area (Å²) in [6, 6.07) is 4.27. The molecule has 2 amide bonds. The number of halogens is 3. The second-order valence-electron chi connectivity index (χ2n) is 4.46. The quantitative estimate of drug-likeness (QED) is 0.701. The van der Waals surface area contributed by atoms with E-state index in [0.717, 1.165) is 12.1 Å². The van der Waals surface area contributed by atoms with Gasteiger partial charge in [-0.15, -0.1) is 13.2 Å². The fourth-order valence-corrected chi connectivity index (χ4v) is 1.49. The van der Waals surface area contributed by atoms with Crippen LogP contribution in [0.5, 0.6) is 5.75 Å². The average Bonchev–Trinajstić information content (AvgIpc) is 2.44. The van der Waals surface area contributed by atoms with E-state index in [1.807, 2.05) is 0 Å². The Morgan fingerprint density at radius 2 is 1.86 bits per heavy atom. The van der Waals surface area contributed by atoms with Crippen molar-refractivity contribution in [1.29, 1.82) is 0 Å². The fraction of sp³-hybridized carbons (Fsp3) is 0.385. The largest absolute Gasteiger partial charge is 0.573 e. The van der Waals surface area contributed by atoms with Gasteiger partial charge in [0.15, 0.2) is 12.6 Å². The standard InChI is InChI=1S/C13H16F3N3O3/c1-8(18-7-11(20)17-2)12(21)19-9-3-5-10(6-4-9)22-13(14,15)16/h3-6,8,18H,7H2,1-2H3,(H,17,20)(H,19,21)/p+1/t8-/m0/s1. The number of amides is 2. The van der Waals surface area contributed by atoms with Gasteiger partial charge in [0.05, 0.1) is 0 Å². The van der Waals surface area contributed by atoms with E-state index in [9.17, 15) is 22.8 Å². The van der Waals surface area contributed by atoms with Crippen molar-refractivity contribution in [3.63, 3.8) is 0 Å². The monoisotopic (exact) mass is 320 g/mol. The topological polar surface area (TPSA) is 84.0 Å². The molecule has 0 aliphatic rings. The van der Waals surface area contributed by atoms with E-state index in [1.54, 1.807) is 6.92 Å². The maximum atomic E-state index is 12.0. The van der Waals surface area contributed by atoms with Crippen LogP contribution in [-0.4, -0.2) is 37.8 Å². The van der Waals surface area contributed by atoms with Gasteiger partial charge >= 0.3 is 6.36 Å². The third kappa shape index (κ3) is 6.44. The van der Waals surface area contributed by atoms with Crippen molar-refractivity contribution in [3.8, 4) is 5.75 Å². The second kappa shape index (κ2) is 7.64. The molecule has 0 radical (unpaired) electrons. The number of hydrogen-bond acceptors (Lipinski definition) is 3. The zero-order chi connectivity index (χ0) is 16.8. The Bertz CT molecular complexity index is 518. The van der Waals surface area contributed by atoms with Gasteiger partial charge in [-0.1, -0.05) is 0 Å². The molecule has 0 unspecified atom stereocenters. The zero-order valence-corrected chi connectivity index (χ0v) is 12.0. The van der Waals surface area contributed by atoms with Crippen molar-refractivity contribution in [3.05, 3.63) is 24.3 Å². The van der Waals surface area contributed by atoms with Crippen molar-refractivity contribution in [1.82, 2.24) is 5.32 Å². The summed E-state index contributed by atoms with van der Waals surface area (Å²) in [5.41, 5.74) is 0.333. The molecule has 0 saturated heterocycles. The molecule has 0 fully saturated rings. The molecular formula is C13H17F3N3O3+. The Balaban J connectivity index is 2.52. The van der Waals surface area contributed by atoms with Gasteiger partial charge in [0.25, 0.3) is 11.8 Å². The predicted octanol–water partition coefficient (Wildman–Crippen LogP) is 0.222. The van der Waals surface area contributed by atoms with Crippen LogP contribution in [0.1, 0.15) is 6.92 Å². The first-order valence-electron chi connectivity index (χ1n) is 6.42. The van der Waals surface area contributed by atoms with Gasteiger partial charge < -0.3 is 20.7 Å². The number of likely N-dealkylation sites (N-methyl/N-ethyl adjacent to an activating group) is 1. The Morgan fingerprint density at radius 3 is 2.36 bits per heavy atom. The third-order valence-corrected chi connectivity index (χ3v) is 2.70. The first-order valence-corrected chi connectivity index (χ1v) is 6.42. The molecule has 0 saturated carbocycles. The summed E-state index contributed by atoms with van der Waals surface area (Å²) in [5.74, 6) is -0.952. The molecule has 0 aliphatic carbocycles. The smallest absolute Gasteiger partial charge is 0.406 e. The van der Waals surface area contributed by atoms with Crippen LogP contribution >= 0.6 is 0 Å². The summed E-state index contributed by atoms with van der Waals surface area (Å²) >= 11 is 0. The van der Waals surface area contributed by atoms with Crippen LogP contribution in [0.25, 0.3) is 0 Å². The van der Waals surface area contributed by atoms with E-state index in [-0.39, 0.29) is 24.1 Å². The normalized spacial score (nSPS) is 12.4. The molecule has 22 heavy (non-hydrogen) atoms. The number of rotatable bonds is 6. The second-order valence-corrected chi connectivity index (χ2v) is 4.46. The first kappa shape index (κ1) is 17.8. The number of carbonyl (C=O) groups is 2. The van der Waals surface area contributed by atoms with Crippen LogP contribution in [0.15, 0.2) is 24.3 Å². The fourth-order valence-electron chi connectivity index (χ4n) is 1.49. The Hall–Kier alpha value is -2.29. The lowest BCUT2D eigenvalue weighted by atomic mass is 10.2. The highest BCUT2D eigenvalue weighted by Gasteiger charge is 2.31. The van der Waals surface area contributed by atoms with E-state index in [4.69, 9.17) is 0 Å². The molecule has 0 aromatic heterocycles. The van der Waals surface area contributed by atoms with Gasteiger partial charge in [-0.3, -0.25) is 9.59 Å². The Morgan fingerprint density at radius 1 is 1.27 bits per heavy atom. The van der Waals surface area contributed by atoms with Crippen LogP contribution in [0, 0.1) is 0 Å². The van der Waals surface area contributed by atoms with Crippen molar-refractivity contribution >= 4 is 17.5 Å². The molecule has 1 aromatic carbocycles. The van der Waals surface area contributed by atoms with Crippen LogP contribution in [-0.2, 0) is 9.59 Å². The molecule has 122 valence electrons. The summed E-state index contributed by atoms with van der Waals surface area (Å²) in [6.07, 6.45) is -4.76. The van der Waals surface area contributed by atoms with Crippen molar-refractivity contribution in [2.24, 2.45) is 0 Å². The predicted molar refractivity (Wildman–Crippen MR) is 72.1 cm³/mol.